The summed E-state index contributed by atoms with van der Waals surface area (Å²) in [6, 6.07) is 11.8. The lowest BCUT2D eigenvalue weighted by molar-refractivity contribution is -0.141. The van der Waals surface area contributed by atoms with Crippen molar-refractivity contribution in [1.82, 2.24) is 10.2 Å². The summed E-state index contributed by atoms with van der Waals surface area (Å²) in [6.45, 7) is 17.6. The largest absolute Gasteiger partial charge is 0.444 e. The Hall–Kier alpha value is -3.35. The summed E-state index contributed by atoms with van der Waals surface area (Å²) in [5.41, 5.74) is 3.63. The van der Waals surface area contributed by atoms with Crippen LogP contribution in [0.4, 0.5) is 10.5 Å². The van der Waals surface area contributed by atoms with Crippen LogP contribution >= 0.6 is 0 Å². The van der Waals surface area contributed by atoms with Gasteiger partial charge in [-0.05, 0) is 76.1 Å². The fraction of sp³-hybridized carbons (Fsp3) is 0.571. The topological polar surface area (TPSA) is 87.7 Å². The third-order valence-corrected chi connectivity index (χ3v) is 7.41. The average molecular weight is 580 g/mol. The Morgan fingerprint density at radius 1 is 0.833 bits per heavy atom. The zero-order valence-corrected chi connectivity index (χ0v) is 27.3. The normalized spacial score (nSPS) is 12.9. The van der Waals surface area contributed by atoms with E-state index < -0.39 is 23.8 Å². The maximum Gasteiger partial charge on any atom is 0.408 e. The van der Waals surface area contributed by atoms with Crippen LogP contribution < -0.4 is 10.6 Å². The number of anilines is 1. The SMILES string of the molecule is CCCCCCCCN(C(=O)C(NC(=O)OC(C)(C)C)C(C)C)C(C(=O)Nc1c(C)cccc1C)c1ccccc1C. The Morgan fingerprint density at radius 2 is 1.40 bits per heavy atom. The molecule has 3 amide bonds. The second-order valence-electron chi connectivity index (χ2n) is 12.7. The van der Waals surface area contributed by atoms with Gasteiger partial charge < -0.3 is 20.3 Å². The Bertz CT molecular complexity index is 1160. The summed E-state index contributed by atoms with van der Waals surface area (Å²) in [5.74, 6) is -0.800. The van der Waals surface area contributed by atoms with Gasteiger partial charge in [-0.15, -0.1) is 0 Å². The van der Waals surface area contributed by atoms with Crippen molar-refractivity contribution in [3.8, 4) is 0 Å². The molecule has 7 heteroatoms. The molecule has 0 radical (unpaired) electrons. The third-order valence-electron chi connectivity index (χ3n) is 7.41. The molecule has 232 valence electrons. The molecule has 0 aliphatic heterocycles. The number of benzene rings is 2. The number of alkyl carbamates (subject to hydrolysis) is 1. The van der Waals surface area contributed by atoms with Gasteiger partial charge in [0.1, 0.15) is 17.7 Å². The zero-order valence-electron chi connectivity index (χ0n) is 27.3. The Kier molecular flexibility index (Phi) is 13.5. The Morgan fingerprint density at radius 3 is 1.98 bits per heavy atom. The molecule has 2 rings (SSSR count). The molecule has 2 aromatic carbocycles. The molecular formula is C35H53N3O4. The molecule has 2 atom stereocenters. The summed E-state index contributed by atoms with van der Waals surface area (Å²) in [4.78, 5) is 43.2. The smallest absolute Gasteiger partial charge is 0.408 e. The van der Waals surface area contributed by atoms with Crippen LogP contribution in [0.15, 0.2) is 42.5 Å². The molecule has 0 aliphatic carbocycles. The number of ether oxygens (including phenoxy) is 1. The summed E-state index contributed by atoms with van der Waals surface area (Å²) >= 11 is 0. The van der Waals surface area contributed by atoms with E-state index in [1.54, 1.807) is 25.7 Å². The fourth-order valence-corrected chi connectivity index (χ4v) is 5.10. The fourth-order valence-electron chi connectivity index (χ4n) is 5.10. The molecule has 0 spiro atoms. The van der Waals surface area contributed by atoms with Gasteiger partial charge in [-0.25, -0.2) is 4.79 Å². The number of nitrogens with zero attached hydrogens (tertiary/aromatic N) is 1. The first kappa shape index (κ1) is 34.8. The van der Waals surface area contributed by atoms with Gasteiger partial charge in [0.05, 0.1) is 0 Å². The first-order valence-corrected chi connectivity index (χ1v) is 15.5. The molecule has 0 saturated carbocycles. The average Bonchev–Trinajstić information content (AvgIpc) is 2.90. The predicted molar refractivity (Wildman–Crippen MR) is 172 cm³/mol. The van der Waals surface area contributed by atoms with Gasteiger partial charge in [0.15, 0.2) is 0 Å². The molecule has 2 aromatic rings. The number of carbonyl (C=O) groups excluding carboxylic acids is 3. The van der Waals surface area contributed by atoms with Gasteiger partial charge in [0.2, 0.25) is 5.91 Å². The van der Waals surface area contributed by atoms with Gasteiger partial charge in [-0.1, -0.05) is 95.3 Å². The van der Waals surface area contributed by atoms with E-state index in [0.29, 0.717) is 6.54 Å². The Balaban J connectivity index is 2.55. The minimum absolute atomic E-state index is 0.226. The lowest BCUT2D eigenvalue weighted by Crippen LogP contribution is -2.54. The molecule has 42 heavy (non-hydrogen) atoms. The van der Waals surface area contributed by atoms with Gasteiger partial charge in [-0.3, -0.25) is 9.59 Å². The van der Waals surface area contributed by atoms with Crippen molar-refractivity contribution < 1.29 is 19.1 Å². The highest BCUT2D eigenvalue weighted by Gasteiger charge is 2.38. The molecule has 0 heterocycles. The van der Waals surface area contributed by atoms with E-state index in [4.69, 9.17) is 4.74 Å². The lowest BCUT2D eigenvalue weighted by atomic mass is 9.95. The highest BCUT2D eigenvalue weighted by Crippen LogP contribution is 2.30. The van der Waals surface area contributed by atoms with Crippen molar-refractivity contribution in [2.24, 2.45) is 5.92 Å². The van der Waals surface area contributed by atoms with E-state index in [1.807, 2.05) is 77.1 Å². The number of unbranched alkanes of at least 4 members (excludes halogenated alkanes) is 5. The lowest BCUT2D eigenvalue weighted by Gasteiger charge is -2.36. The van der Waals surface area contributed by atoms with Crippen LogP contribution in [-0.2, 0) is 14.3 Å². The van der Waals surface area contributed by atoms with E-state index in [9.17, 15) is 14.4 Å². The minimum Gasteiger partial charge on any atom is -0.444 e. The zero-order chi connectivity index (χ0) is 31.4. The quantitative estimate of drug-likeness (QED) is 0.222. The van der Waals surface area contributed by atoms with Gasteiger partial charge in [0.25, 0.3) is 5.91 Å². The third kappa shape index (κ3) is 10.5. The number of hydrogen-bond donors (Lipinski definition) is 2. The number of amides is 3. The van der Waals surface area contributed by atoms with Crippen LogP contribution in [0.25, 0.3) is 0 Å². The monoisotopic (exact) mass is 579 g/mol. The first-order valence-electron chi connectivity index (χ1n) is 15.5. The van der Waals surface area contributed by atoms with E-state index in [0.717, 1.165) is 60.0 Å². The van der Waals surface area contributed by atoms with Crippen LogP contribution in [0.3, 0.4) is 0 Å². The number of nitrogens with one attached hydrogen (secondary N) is 2. The number of hydrogen-bond acceptors (Lipinski definition) is 4. The van der Waals surface area contributed by atoms with Crippen molar-refractivity contribution in [2.45, 2.75) is 119 Å². The number of para-hydroxylation sites is 1. The highest BCUT2D eigenvalue weighted by molar-refractivity contribution is 6.00. The summed E-state index contributed by atoms with van der Waals surface area (Å²) in [6.07, 6.45) is 5.62. The molecule has 0 saturated heterocycles. The Labute approximate surface area is 253 Å². The van der Waals surface area contributed by atoms with Crippen molar-refractivity contribution in [1.29, 1.82) is 0 Å². The van der Waals surface area contributed by atoms with Gasteiger partial charge >= 0.3 is 6.09 Å². The first-order chi connectivity index (χ1) is 19.8. The second-order valence-corrected chi connectivity index (χ2v) is 12.7. The van der Waals surface area contributed by atoms with Crippen LogP contribution in [0.2, 0.25) is 0 Å². The second kappa shape index (κ2) is 16.3. The maximum atomic E-state index is 14.4. The van der Waals surface area contributed by atoms with Crippen LogP contribution in [0, 0.1) is 26.7 Å². The minimum atomic E-state index is -0.880. The van der Waals surface area contributed by atoms with Crippen molar-refractivity contribution in [2.75, 3.05) is 11.9 Å². The molecule has 0 aliphatic rings. The van der Waals surface area contributed by atoms with Crippen LogP contribution in [-0.4, -0.2) is 41.0 Å². The number of aryl methyl sites for hydroxylation is 3. The molecule has 2 N–H and O–H groups in total. The van der Waals surface area contributed by atoms with Crippen LogP contribution in [0.5, 0.6) is 0 Å². The molecule has 2 unspecified atom stereocenters. The van der Waals surface area contributed by atoms with Crippen molar-refractivity contribution in [3.63, 3.8) is 0 Å². The molecule has 0 bridgehead atoms. The molecule has 0 fully saturated rings. The van der Waals surface area contributed by atoms with Crippen LogP contribution in [0.1, 0.15) is 108 Å². The summed E-state index contributed by atoms with van der Waals surface area (Å²) < 4.78 is 5.50. The van der Waals surface area contributed by atoms with Gasteiger partial charge in [-0.2, -0.15) is 0 Å². The van der Waals surface area contributed by atoms with Crippen molar-refractivity contribution in [3.05, 3.63) is 64.7 Å². The number of rotatable bonds is 14. The molecule has 7 nitrogen and oxygen atoms in total. The van der Waals surface area contributed by atoms with E-state index in [1.165, 1.54) is 6.42 Å². The predicted octanol–water partition coefficient (Wildman–Crippen LogP) is 8.03. The van der Waals surface area contributed by atoms with E-state index in [-0.39, 0.29) is 17.7 Å². The van der Waals surface area contributed by atoms with Gasteiger partial charge in [0, 0.05) is 12.2 Å². The van der Waals surface area contributed by atoms with E-state index in [2.05, 4.69) is 17.6 Å². The van der Waals surface area contributed by atoms with E-state index >= 15 is 0 Å². The highest BCUT2D eigenvalue weighted by atomic mass is 16.6. The maximum absolute atomic E-state index is 14.4. The standard InChI is InChI=1S/C35H53N3O4/c1-10-11-12-13-14-17-23-38(33(40)29(24(2)3)37-34(41)42-35(7,8)9)31(28-22-16-15-19-25(28)4)32(39)36-30-26(5)20-18-21-27(30)6/h15-16,18-22,24,29,31H,10-14,17,23H2,1-9H3,(H,36,39)(H,37,41). The molecule has 0 aromatic heterocycles. The molecular weight excluding hydrogens is 526 g/mol. The number of carbonyl (C=O) groups is 3. The summed E-state index contributed by atoms with van der Waals surface area (Å²) in [5, 5.41) is 5.97. The van der Waals surface area contributed by atoms with Crippen molar-refractivity contribution >= 4 is 23.6 Å². The summed E-state index contributed by atoms with van der Waals surface area (Å²) in [7, 11) is 0.